The van der Waals surface area contributed by atoms with Crippen LogP contribution in [0.5, 0.6) is 0 Å². The molecule has 0 aliphatic carbocycles. The molecule has 158 valence electrons. The van der Waals surface area contributed by atoms with E-state index in [1.807, 2.05) is 0 Å². The van der Waals surface area contributed by atoms with Crippen molar-refractivity contribution >= 4 is 43.2 Å². The van der Waals surface area contributed by atoms with E-state index in [1.165, 1.54) is 32.9 Å². The highest BCUT2D eigenvalue weighted by atomic mass is 35.5. The predicted molar refractivity (Wildman–Crippen MR) is 114 cm³/mol. The summed E-state index contributed by atoms with van der Waals surface area (Å²) in [5.74, 6) is 0. The molecule has 29 heavy (non-hydrogen) atoms. The Balaban J connectivity index is 1.84. The van der Waals surface area contributed by atoms with Crippen LogP contribution in [-0.4, -0.2) is 51.1 Å². The van der Waals surface area contributed by atoms with Gasteiger partial charge in [0.1, 0.15) is 0 Å². The smallest absolute Gasteiger partial charge is 0.207 e. The molecule has 1 heterocycles. The first-order chi connectivity index (χ1) is 13.4. The zero-order valence-corrected chi connectivity index (χ0v) is 19.4. The monoisotopic (exact) mass is 476 g/mol. The molecule has 1 aliphatic heterocycles. The molecule has 0 unspecified atom stereocenters. The van der Waals surface area contributed by atoms with Crippen molar-refractivity contribution in [2.75, 3.05) is 19.6 Å². The third-order valence-electron chi connectivity index (χ3n) is 5.03. The molecule has 1 saturated heterocycles. The van der Waals surface area contributed by atoms with Crippen molar-refractivity contribution in [2.45, 2.75) is 36.6 Å². The zero-order chi connectivity index (χ0) is 21.6. The number of rotatable bonds is 4. The summed E-state index contributed by atoms with van der Waals surface area (Å²) in [7, 11) is -7.50. The molecule has 0 bridgehead atoms. The summed E-state index contributed by atoms with van der Waals surface area (Å²) in [5.41, 5.74) is 1.33. The van der Waals surface area contributed by atoms with Gasteiger partial charge in [-0.05, 0) is 68.3 Å². The molecule has 0 N–H and O–H groups in total. The van der Waals surface area contributed by atoms with Crippen LogP contribution in [0.4, 0.5) is 0 Å². The lowest BCUT2D eigenvalue weighted by Gasteiger charge is -2.38. The van der Waals surface area contributed by atoms with E-state index in [0.29, 0.717) is 21.2 Å². The summed E-state index contributed by atoms with van der Waals surface area (Å²) in [6.45, 7) is 5.38. The summed E-state index contributed by atoms with van der Waals surface area (Å²) in [5, 5.41) is 0.984. The van der Waals surface area contributed by atoms with E-state index in [2.05, 4.69) is 0 Å². The lowest BCUT2D eigenvalue weighted by Crippen LogP contribution is -2.55. The predicted octanol–water partition coefficient (Wildman–Crippen LogP) is 3.69. The van der Waals surface area contributed by atoms with Crippen LogP contribution < -0.4 is 0 Å². The Kier molecular flexibility index (Phi) is 6.34. The lowest BCUT2D eigenvalue weighted by molar-refractivity contribution is 0.212. The third-order valence-corrected chi connectivity index (χ3v) is 9.75. The van der Waals surface area contributed by atoms with Gasteiger partial charge in [-0.3, -0.25) is 0 Å². The number of aryl methyl sites for hydroxylation is 2. The Labute approximate surface area is 182 Å². The quantitative estimate of drug-likeness (QED) is 0.673. The molecule has 0 spiro atoms. The Morgan fingerprint density at radius 3 is 1.76 bits per heavy atom. The molecule has 0 radical (unpaired) electrons. The first-order valence-corrected chi connectivity index (χ1v) is 12.6. The number of sulfonamides is 2. The number of piperazine rings is 1. The van der Waals surface area contributed by atoms with Gasteiger partial charge in [0.05, 0.1) is 9.79 Å². The summed E-state index contributed by atoms with van der Waals surface area (Å²) < 4.78 is 54.8. The van der Waals surface area contributed by atoms with Gasteiger partial charge in [-0.1, -0.05) is 23.2 Å². The second-order valence-electron chi connectivity index (χ2n) is 7.15. The molecule has 0 aromatic heterocycles. The Morgan fingerprint density at radius 2 is 1.31 bits per heavy atom. The SMILES string of the molecule is Cc1cc(S(=O)(=O)N2CCN(S(=O)(=O)c3ccc(Cl)c(C)c3)[C@@H](C)C2)ccc1Cl. The Bertz CT molecular complexity index is 1150. The van der Waals surface area contributed by atoms with Crippen molar-refractivity contribution < 1.29 is 16.8 Å². The number of benzene rings is 2. The van der Waals surface area contributed by atoms with Crippen molar-refractivity contribution in [3.63, 3.8) is 0 Å². The van der Waals surface area contributed by atoms with Crippen molar-refractivity contribution in [1.29, 1.82) is 0 Å². The lowest BCUT2D eigenvalue weighted by atomic mass is 10.2. The highest BCUT2D eigenvalue weighted by Crippen LogP contribution is 2.28. The fourth-order valence-electron chi connectivity index (χ4n) is 3.32. The van der Waals surface area contributed by atoms with Crippen LogP contribution in [0.3, 0.4) is 0 Å². The van der Waals surface area contributed by atoms with Crippen LogP contribution in [0, 0.1) is 13.8 Å². The van der Waals surface area contributed by atoms with E-state index >= 15 is 0 Å². The van der Waals surface area contributed by atoms with Gasteiger partial charge in [-0.25, -0.2) is 16.8 Å². The highest BCUT2D eigenvalue weighted by molar-refractivity contribution is 7.89. The van der Waals surface area contributed by atoms with Crippen molar-refractivity contribution in [2.24, 2.45) is 0 Å². The Morgan fingerprint density at radius 1 is 0.828 bits per heavy atom. The number of halogens is 2. The second kappa shape index (κ2) is 8.17. The molecule has 1 atom stereocenters. The molecule has 1 fully saturated rings. The molecule has 2 aromatic rings. The number of hydrogen-bond acceptors (Lipinski definition) is 4. The van der Waals surface area contributed by atoms with Crippen LogP contribution in [0.2, 0.25) is 10.0 Å². The van der Waals surface area contributed by atoms with Crippen LogP contribution in [0.1, 0.15) is 18.1 Å². The van der Waals surface area contributed by atoms with Crippen LogP contribution in [0.15, 0.2) is 46.2 Å². The van der Waals surface area contributed by atoms with Crippen molar-refractivity contribution in [1.82, 2.24) is 8.61 Å². The maximum Gasteiger partial charge on any atom is 0.243 e. The minimum atomic E-state index is -3.76. The van der Waals surface area contributed by atoms with Gasteiger partial charge in [-0.2, -0.15) is 8.61 Å². The Hall–Kier alpha value is -1.16. The van der Waals surface area contributed by atoms with E-state index in [0.717, 1.165) is 0 Å². The molecule has 10 heteroatoms. The standard InChI is InChI=1S/C19H22Cl2N2O4S2/c1-13-10-16(4-6-18(13)20)28(24,25)22-8-9-23(15(3)12-22)29(26,27)17-5-7-19(21)14(2)11-17/h4-7,10-11,15H,8-9,12H2,1-3H3/t15-/m0/s1. The third kappa shape index (κ3) is 4.33. The second-order valence-corrected chi connectivity index (χ2v) is 11.8. The molecule has 0 amide bonds. The number of hydrogen-bond donors (Lipinski definition) is 0. The van der Waals surface area contributed by atoms with Crippen LogP contribution in [0.25, 0.3) is 0 Å². The number of nitrogens with zero attached hydrogens (tertiary/aromatic N) is 2. The summed E-state index contributed by atoms with van der Waals surface area (Å²) in [6.07, 6.45) is 0. The summed E-state index contributed by atoms with van der Waals surface area (Å²) >= 11 is 12.0. The van der Waals surface area contributed by atoms with E-state index in [4.69, 9.17) is 23.2 Å². The van der Waals surface area contributed by atoms with E-state index < -0.39 is 26.1 Å². The van der Waals surface area contributed by atoms with E-state index in [1.54, 1.807) is 32.9 Å². The minimum absolute atomic E-state index is 0.0653. The first-order valence-electron chi connectivity index (χ1n) is 8.99. The first kappa shape index (κ1) is 22.5. The maximum atomic E-state index is 13.1. The maximum absolute atomic E-state index is 13.1. The van der Waals surface area contributed by atoms with Crippen molar-refractivity contribution in [3.05, 3.63) is 57.6 Å². The highest BCUT2D eigenvalue weighted by Gasteiger charge is 2.38. The average molecular weight is 477 g/mol. The van der Waals surface area contributed by atoms with Gasteiger partial charge in [0.25, 0.3) is 0 Å². The molecular formula is C19H22Cl2N2O4S2. The topological polar surface area (TPSA) is 74.8 Å². The van der Waals surface area contributed by atoms with E-state index in [-0.39, 0.29) is 29.4 Å². The fourth-order valence-corrected chi connectivity index (χ4v) is 6.85. The zero-order valence-electron chi connectivity index (χ0n) is 16.3. The van der Waals surface area contributed by atoms with Gasteiger partial charge in [0.2, 0.25) is 20.0 Å². The molecule has 2 aromatic carbocycles. The van der Waals surface area contributed by atoms with Crippen LogP contribution in [-0.2, 0) is 20.0 Å². The minimum Gasteiger partial charge on any atom is -0.207 e. The molecule has 3 rings (SSSR count). The molecular weight excluding hydrogens is 455 g/mol. The van der Waals surface area contributed by atoms with Gasteiger partial charge in [0.15, 0.2) is 0 Å². The summed E-state index contributed by atoms with van der Waals surface area (Å²) in [4.78, 5) is 0.298. The molecule has 6 nitrogen and oxygen atoms in total. The summed E-state index contributed by atoms with van der Waals surface area (Å²) in [6, 6.07) is 8.58. The largest absolute Gasteiger partial charge is 0.243 e. The fraction of sp³-hybridized carbons (Fsp3) is 0.368. The van der Waals surface area contributed by atoms with Crippen molar-refractivity contribution in [3.8, 4) is 0 Å². The normalized spacial score (nSPS) is 19.4. The average Bonchev–Trinajstić information content (AvgIpc) is 2.65. The molecule has 1 aliphatic rings. The van der Waals surface area contributed by atoms with Crippen LogP contribution >= 0.6 is 23.2 Å². The molecule has 0 saturated carbocycles. The van der Waals surface area contributed by atoms with E-state index in [9.17, 15) is 16.8 Å². The van der Waals surface area contributed by atoms with Gasteiger partial charge < -0.3 is 0 Å². The van der Waals surface area contributed by atoms with Gasteiger partial charge >= 0.3 is 0 Å². The van der Waals surface area contributed by atoms with Gasteiger partial charge in [-0.15, -0.1) is 0 Å². The van der Waals surface area contributed by atoms with Gasteiger partial charge in [0, 0.05) is 35.7 Å².